The number of carbonyl (C=O) groups is 1. The Morgan fingerprint density at radius 3 is 2.43 bits per heavy atom. The van der Waals surface area contributed by atoms with Crippen LogP contribution in [0.5, 0.6) is 5.75 Å². The van der Waals surface area contributed by atoms with Gasteiger partial charge in [-0.05, 0) is 38.0 Å². The minimum atomic E-state index is 0.142. The molecule has 0 aliphatic carbocycles. The van der Waals surface area contributed by atoms with Crippen molar-refractivity contribution in [1.82, 2.24) is 14.7 Å². The first-order chi connectivity index (χ1) is 10.9. The van der Waals surface area contributed by atoms with Crippen LogP contribution in [0.1, 0.15) is 28.9 Å². The van der Waals surface area contributed by atoms with Crippen LogP contribution in [0.3, 0.4) is 0 Å². The lowest BCUT2D eigenvalue weighted by Crippen LogP contribution is -2.26. The number of amides is 1. The van der Waals surface area contributed by atoms with Crippen molar-refractivity contribution in [3.8, 4) is 5.75 Å². The van der Waals surface area contributed by atoms with E-state index in [9.17, 15) is 4.79 Å². The monoisotopic (exact) mass is 315 g/mol. The number of aromatic nitrogens is 2. The van der Waals surface area contributed by atoms with E-state index in [4.69, 9.17) is 4.74 Å². The normalized spacial score (nSPS) is 10.7. The third-order valence-corrected chi connectivity index (χ3v) is 4.27. The van der Waals surface area contributed by atoms with Crippen LogP contribution in [0.4, 0.5) is 0 Å². The Kier molecular flexibility index (Phi) is 5.42. The van der Waals surface area contributed by atoms with Crippen LogP contribution in [0, 0.1) is 13.8 Å². The maximum absolute atomic E-state index is 12.3. The zero-order valence-electron chi connectivity index (χ0n) is 14.6. The van der Waals surface area contributed by atoms with Crippen molar-refractivity contribution in [1.29, 1.82) is 0 Å². The minimum absolute atomic E-state index is 0.142. The first-order valence-electron chi connectivity index (χ1n) is 7.78. The Morgan fingerprint density at radius 1 is 1.26 bits per heavy atom. The molecule has 0 saturated heterocycles. The van der Waals surface area contributed by atoms with Crippen molar-refractivity contribution < 1.29 is 9.53 Å². The molecule has 0 aliphatic heterocycles. The smallest absolute Gasteiger partial charge is 0.222 e. The van der Waals surface area contributed by atoms with E-state index in [0.717, 1.165) is 34.7 Å². The van der Waals surface area contributed by atoms with E-state index in [1.165, 1.54) is 0 Å². The highest BCUT2D eigenvalue weighted by Gasteiger charge is 2.15. The molecule has 2 rings (SSSR count). The van der Waals surface area contributed by atoms with E-state index in [-0.39, 0.29) is 5.91 Å². The zero-order chi connectivity index (χ0) is 17.0. The van der Waals surface area contributed by atoms with Crippen LogP contribution in [0.25, 0.3) is 0 Å². The average molecular weight is 315 g/mol. The van der Waals surface area contributed by atoms with Gasteiger partial charge in [0, 0.05) is 38.3 Å². The predicted molar refractivity (Wildman–Crippen MR) is 90.5 cm³/mol. The van der Waals surface area contributed by atoms with Crippen molar-refractivity contribution in [2.45, 2.75) is 33.2 Å². The van der Waals surface area contributed by atoms with Gasteiger partial charge in [0.25, 0.3) is 0 Å². The SMILES string of the molecule is COc1ccc(CCC(=O)N(C)Cc2c(C)nn(C)c2C)cc1. The summed E-state index contributed by atoms with van der Waals surface area (Å²) in [6.45, 7) is 4.62. The lowest BCUT2D eigenvalue weighted by molar-refractivity contribution is -0.130. The molecule has 0 spiro atoms. The number of benzene rings is 1. The number of hydrogen-bond donors (Lipinski definition) is 0. The molecule has 1 heterocycles. The summed E-state index contributed by atoms with van der Waals surface area (Å²) in [4.78, 5) is 14.1. The van der Waals surface area contributed by atoms with Crippen LogP contribution in [-0.4, -0.2) is 34.7 Å². The van der Waals surface area contributed by atoms with Crippen LogP contribution < -0.4 is 4.74 Å². The molecule has 1 aromatic heterocycles. The van der Waals surface area contributed by atoms with Crippen LogP contribution >= 0.6 is 0 Å². The van der Waals surface area contributed by atoms with Gasteiger partial charge >= 0.3 is 0 Å². The molecule has 0 fully saturated rings. The molecule has 124 valence electrons. The van der Waals surface area contributed by atoms with Gasteiger partial charge in [-0.3, -0.25) is 9.48 Å². The highest BCUT2D eigenvalue weighted by atomic mass is 16.5. The van der Waals surface area contributed by atoms with Crippen molar-refractivity contribution in [2.24, 2.45) is 7.05 Å². The second kappa shape index (κ2) is 7.31. The van der Waals surface area contributed by atoms with Gasteiger partial charge in [-0.25, -0.2) is 0 Å². The molecule has 0 N–H and O–H groups in total. The van der Waals surface area contributed by atoms with Gasteiger partial charge < -0.3 is 9.64 Å². The fourth-order valence-corrected chi connectivity index (χ4v) is 2.61. The number of aryl methyl sites for hydroxylation is 3. The van der Waals surface area contributed by atoms with Crippen LogP contribution in [0.15, 0.2) is 24.3 Å². The molecule has 0 radical (unpaired) electrons. The maximum atomic E-state index is 12.3. The van der Waals surface area contributed by atoms with Crippen LogP contribution in [0.2, 0.25) is 0 Å². The second-order valence-electron chi connectivity index (χ2n) is 5.87. The molecule has 23 heavy (non-hydrogen) atoms. The molecule has 5 nitrogen and oxygen atoms in total. The van der Waals surface area contributed by atoms with E-state index in [2.05, 4.69) is 5.10 Å². The molecule has 5 heteroatoms. The Morgan fingerprint density at radius 2 is 1.91 bits per heavy atom. The third kappa shape index (κ3) is 4.12. The molecule has 0 saturated carbocycles. The van der Waals surface area contributed by atoms with Gasteiger partial charge in [0.15, 0.2) is 0 Å². The summed E-state index contributed by atoms with van der Waals surface area (Å²) < 4.78 is 7.00. The first kappa shape index (κ1) is 17.1. The molecule has 0 unspecified atom stereocenters. The van der Waals surface area contributed by atoms with E-state index >= 15 is 0 Å². The Bertz CT molecular complexity index is 674. The quantitative estimate of drug-likeness (QED) is 0.823. The minimum Gasteiger partial charge on any atom is -0.497 e. The summed E-state index contributed by atoms with van der Waals surface area (Å²) in [5, 5.41) is 4.40. The molecule has 1 aromatic carbocycles. The molecule has 0 bridgehead atoms. The topological polar surface area (TPSA) is 47.4 Å². The fraction of sp³-hybridized carbons (Fsp3) is 0.444. The van der Waals surface area contributed by atoms with Crippen LogP contribution in [-0.2, 0) is 24.8 Å². The van der Waals surface area contributed by atoms with Gasteiger partial charge in [0.05, 0.1) is 12.8 Å². The molecule has 0 aliphatic rings. The van der Waals surface area contributed by atoms with E-state index < -0.39 is 0 Å². The Balaban J connectivity index is 1.91. The molecular formula is C18H25N3O2. The van der Waals surface area contributed by atoms with Gasteiger partial charge in [-0.2, -0.15) is 5.10 Å². The number of nitrogens with zero attached hydrogens (tertiary/aromatic N) is 3. The molecule has 0 atom stereocenters. The summed E-state index contributed by atoms with van der Waals surface area (Å²) in [5.41, 5.74) is 4.37. The van der Waals surface area contributed by atoms with Gasteiger partial charge in [-0.15, -0.1) is 0 Å². The lowest BCUT2D eigenvalue weighted by atomic mass is 10.1. The van der Waals surface area contributed by atoms with Gasteiger partial charge in [-0.1, -0.05) is 12.1 Å². The largest absolute Gasteiger partial charge is 0.497 e. The summed E-state index contributed by atoms with van der Waals surface area (Å²) in [7, 11) is 5.43. The van der Waals surface area contributed by atoms with Crippen molar-refractivity contribution in [3.05, 3.63) is 46.8 Å². The number of rotatable bonds is 6. The third-order valence-electron chi connectivity index (χ3n) is 4.27. The molecule has 2 aromatic rings. The number of ether oxygens (including phenoxy) is 1. The molecule has 1 amide bonds. The standard InChI is InChI=1S/C18H25N3O2/c1-13-17(14(2)21(4)19-13)12-20(3)18(22)11-8-15-6-9-16(23-5)10-7-15/h6-7,9-10H,8,11-12H2,1-5H3. The van der Waals surface area contributed by atoms with E-state index in [1.807, 2.05) is 56.9 Å². The maximum Gasteiger partial charge on any atom is 0.222 e. The summed E-state index contributed by atoms with van der Waals surface area (Å²) in [6.07, 6.45) is 1.24. The molecular weight excluding hydrogens is 290 g/mol. The first-order valence-corrected chi connectivity index (χ1v) is 7.78. The van der Waals surface area contributed by atoms with Gasteiger partial charge in [0.1, 0.15) is 5.75 Å². The highest BCUT2D eigenvalue weighted by Crippen LogP contribution is 2.16. The Hall–Kier alpha value is -2.30. The lowest BCUT2D eigenvalue weighted by Gasteiger charge is -2.17. The van der Waals surface area contributed by atoms with Gasteiger partial charge in [0.2, 0.25) is 5.91 Å². The Labute approximate surface area is 137 Å². The predicted octanol–water partition coefficient (Wildman–Crippen LogP) is 2.64. The summed E-state index contributed by atoms with van der Waals surface area (Å²) in [5.74, 6) is 0.975. The zero-order valence-corrected chi connectivity index (χ0v) is 14.6. The number of carbonyl (C=O) groups excluding carboxylic acids is 1. The number of hydrogen-bond acceptors (Lipinski definition) is 3. The summed E-state index contributed by atoms with van der Waals surface area (Å²) in [6, 6.07) is 7.85. The van der Waals surface area contributed by atoms with Crippen molar-refractivity contribution in [2.75, 3.05) is 14.2 Å². The highest BCUT2D eigenvalue weighted by molar-refractivity contribution is 5.76. The average Bonchev–Trinajstić information content (AvgIpc) is 2.79. The summed E-state index contributed by atoms with van der Waals surface area (Å²) >= 11 is 0. The van der Waals surface area contributed by atoms with E-state index in [1.54, 1.807) is 12.0 Å². The van der Waals surface area contributed by atoms with Crippen molar-refractivity contribution in [3.63, 3.8) is 0 Å². The van der Waals surface area contributed by atoms with Crippen molar-refractivity contribution >= 4 is 5.91 Å². The number of methoxy groups -OCH3 is 1. The second-order valence-corrected chi connectivity index (χ2v) is 5.87. The van der Waals surface area contributed by atoms with E-state index in [0.29, 0.717) is 13.0 Å². The fourth-order valence-electron chi connectivity index (χ4n) is 2.61.